The molecule has 0 fully saturated rings. The summed E-state index contributed by atoms with van der Waals surface area (Å²) < 4.78 is 38.8. The number of anilines is 1. The Balaban J connectivity index is 1.93. The maximum absolute atomic E-state index is 12.4. The zero-order chi connectivity index (χ0) is 15.7. The van der Waals surface area contributed by atoms with Crippen LogP contribution in [0.3, 0.4) is 0 Å². The summed E-state index contributed by atoms with van der Waals surface area (Å²) in [6.45, 7) is 0.896. The second-order valence-corrected chi connectivity index (χ2v) is 7.51. The minimum atomic E-state index is -3.71. The van der Waals surface area contributed by atoms with E-state index in [4.69, 9.17) is 21.1 Å². The average Bonchev–Trinajstić information content (AvgIpc) is 2.48. The third-order valence-electron chi connectivity index (χ3n) is 3.00. The number of halogens is 2. The van der Waals surface area contributed by atoms with Gasteiger partial charge in [0, 0.05) is 21.6 Å². The van der Waals surface area contributed by atoms with Crippen molar-refractivity contribution in [3.63, 3.8) is 0 Å². The number of nitrogens with one attached hydrogen (secondary N) is 1. The molecule has 0 unspecified atom stereocenters. The largest absolute Gasteiger partial charge is 0.486 e. The number of hydrogen-bond acceptors (Lipinski definition) is 4. The third kappa shape index (κ3) is 3.16. The van der Waals surface area contributed by atoms with Gasteiger partial charge in [0.2, 0.25) is 0 Å². The van der Waals surface area contributed by atoms with Crippen molar-refractivity contribution in [2.75, 3.05) is 17.9 Å². The second kappa shape index (κ2) is 5.98. The van der Waals surface area contributed by atoms with Crippen LogP contribution in [-0.4, -0.2) is 21.6 Å². The van der Waals surface area contributed by atoms with E-state index in [9.17, 15) is 8.42 Å². The number of ether oxygens (including phenoxy) is 2. The van der Waals surface area contributed by atoms with Crippen molar-refractivity contribution in [2.45, 2.75) is 4.90 Å². The smallest absolute Gasteiger partial charge is 0.261 e. The van der Waals surface area contributed by atoms with E-state index < -0.39 is 10.0 Å². The van der Waals surface area contributed by atoms with Crippen molar-refractivity contribution >= 4 is 43.2 Å². The fraction of sp³-hybridized carbons (Fsp3) is 0.143. The van der Waals surface area contributed by atoms with Gasteiger partial charge in [0.1, 0.15) is 13.2 Å². The molecular weight excluding hydrogens is 394 g/mol. The van der Waals surface area contributed by atoms with Crippen LogP contribution in [0.4, 0.5) is 5.69 Å². The molecule has 1 N–H and O–H groups in total. The van der Waals surface area contributed by atoms with E-state index in [-0.39, 0.29) is 4.90 Å². The molecule has 0 aliphatic carbocycles. The molecule has 0 bridgehead atoms. The van der Waals surface area contributed by atoms with E-state index in [0.717, 1.165) is 0 Å². The van der Waals surface area contributed by atoms with Crippen LogP contribution in [0.1, 0.15) is 0 Å². The molecule has 0 radical (unpaired) electrons. The van der Waals surface area contributed by atoms with Crippen LogP contribution < -0.4 is 14.2 Å². The number of sulfonamides is 1. The topological polar surface area (TPSA) is 64.6 Å². The summed E-state index contributed by atoms with van der Waals surface area (Å²) in [6.07, 6.45) is 0. The highest BCUT2D eigenvalue weighted by atomic mass is 79.9. The summed E-state index contributed by atoms with van der Waals surface area (Å²) in [6, 6.07) is 9.19. The molecule has 0 aromatic heterocycles. The number of rotatable bonds is 3. The number of fused-ring (bicyclic) bond motifs is 1. The van der Waals surface area contributed by atoms with E-state index in [1.54, 1.807) is 12.1 Å². The highest BCUT2D eigenvalue weighted by Crippen LogP contribution is 2.38. The third-order valence-corrected chi connectivity index (χ3v) is 5.29. The molecule has 0 amide bonds. The minimum Gasteiger partial charge on any atom is -0.486 e. The molecule has 22 heavy (non-hydrogen) atoms. The lowest BCUT2D eigenvalue weighted by atomic mass is 10.2. The van der Waals surface area contributed by atoms with E-state index >= 15 is 0 Å². The molecule has 1 aliphatic heterocycles. The summed E-state index contributed by atoms with van der Waals surface area (Å²) >= 11 is 9.10. The van der Waals surface area contributed by atoms with E-state index in [0.29, 0.717) is 39.9 Å². The molecule has 2 aromatic carbocycles. The summed E-state index contributed by atoms with van der Waals surface area (Å²) in [5.41, 5.74) is 0.374. The predicted molar refractivity (Wildman–Crippen MR) is 87.4 cm³/mol. The predicted octanol–water partition coefficient (Wildman–Crippen LogP) is 3.67. The summed E-state index contributed by atoms with van der Waals surface area (Å²) in [7, 11) is -3.71. The molecule has 5 nitrogen and oxygen atoms in total. The highest BCUT2D eigenvalue weighted by molar-refractivity contribution is 9.10. The Morgan fingerprint density at radius 2 is 1.64 bits per heavy atom. The first-order valence-electron chi connectivity index (χ1n) is 6.33. The van der Waals surface area contributed by atoms with Crippen LogP contribution in [0.2, 0.25) is 5.02 Å². The van der Waals surface area contributed by atoms with Crippen molar-refractivity contribution in [1.82, 2.24) is 0 Å². The molecule has 116 valence electrons. The molecule has 0 spiro atoms. The zero-order valence-electron chi connectivity index (χ0n) is 11.2. The maximum Gasteiger partial charge on any atom is 0.261 e. The zero-order valence-corrected chi connectivity index (χ0v) is 14.3. The normalized spacial score (nSPS) is 13.7. The molecule has 0 atom stereocenters. The molecule has 1 heterocycles. The summed E-state index contributed by atoms with van der Waals surface area (Å²) in [5, 5.41) is 0.472. The van der Waals surface area contributed by atoms with Gasteiger partial charge in [0.05, 0.1) is 10.6 Å². The first kappa shape index (κ1) is 15.5. The monoisotopic (exact) mass is 403 g/mol. The lowest BCUT2D eigenvalue weighted by Gasteiger charge is -2.20. The number of benzene rings is 2. The van der Waals surface area contributed by atoms with Crippen LogP contribution in [0.25, 0.3) is 0 Å². The van der Waals surface area contributed by atoms with Gasteiger partial charge in [-0.05, 0) is 40.2 Å². The molecular formula is C14H11BrClNO4S. The molecule has 0 saturated heterocycles. The lowest BCUT2D eigenvalue weighted by molar-refractivity contribution is 0.171. The van der Waals surface area contributed by atoms with Crippen molar-refractivity contribution in [3.8, 4) is 11.5 Å². The van der Waals surface area contributed by atoms with Gasteiger partial charge in [-0.25, -0.2) is 8.42 Å². The summed E-state index contributed by atoms with van der Waals surface area (Å²) in [5.74, 6) is 1.08. The van der Waals surface area contributed by atoms with Crippen molar-refractivity contribution < 1.29 is 17.9 Å². The van der Waals surface area contributed by atoms with Crippen LogP contribution in [0.15, 0.2) is 45.8 Å². The fourth-order valence-corrected chi connectivity index (χ4v) is 3.71. The van der Waals surface area contributed by atoms with E-state index in [1.807, 2.05) is 0 Å². The van der Waals surface area contributed by atoms with Gasteiger partial charge in [-0.3, -0.25) is 4.72 Å². The molecule has 1 aliphatic rings. The Hall–Kier alpha value is -1.44. The van der Waals surface area contributed by atoms with Crippen LogP contribution in [-0.2, 0) is 10.0 Å². The van der Waals surface area contributed by atoms with Gasteiger partial charge in [-0.2, -0.15) is 0 Å². The van der Waals surface area contributed by atoms with Crippen molar-refractivity contribution in [1.29, 1.82) is 0 Å². The summed E-state index contributed by atoms with van der Waals surface area (Å²) in [4.78, 5) is 0.124. The molecule has 8 heteroatoms. The van der Waals surface area contributed by atoms with Gasteiger partial charge in [0.25, 0.3) is 10.0 Å². The second-order valence-electron chi connectivity index (χ2n) is 4.54. The Kier molecular flexibility index (Phi) is 4.20. The average molecular weight is 405 g/mol. The van der Waals surface area contributed by atoms with Crippen molar-refractivity contribution in [3.05, 3.63) is 45.9 Å². The van der Waals surface area contributed by atoms with Gasteiger partial charge < -0.3 is 9.47 Å². The standard InChI is InChI=1S/C14H11BrClNO4S/c15-11-7-13-14(21-6-5-20-13)8-12(11)17-22(18,19)10-3-1-9(16)2-4-10/h1-4,7-8,17H,5-6H2. The van der Waals surface area contributed by atoms with Crippen molar-refractivity contribution in [2.24, 2.45) is 0 Å². The number of hydrogen-bond donors (Lipinski definition) is 1. The fourth-order valence-electron chi connectivity index (χ4n) is 1.96. The Morgan fingerprint density at radius 1 is 1.05 bits per heavy atom. The Labute approximate surface area is 141 Å². The molecule has 2 aromatic rings. The molecule has 3 rings (SSSR count). The first-order chi connectivity index (χ1) is 10.5. The van der Waals surface area contributed by atoms with Gasteiger partial charge >= 0.3 is 0 Å². The van der Waals surface area contributed by atoms with Gasteiger partial charge in [0.15, 0.2) is 11.5 Å². The highest BCUT2D eigenvalue weighted by Gasteiger charge is 2.19. The van der Waals surface area contributed by atoms with Gasteiger partial charge in [-0.15, -0.1) is 0 Å². The maximum atomic E-state index is 12.4. The lowest BCUT2D eigenvalue weighted by Crippen LogP contribution is -2.17. The minimum absolute atomic E-state index is 0.124. The van der Waals surface area contributed by atoms with E-state index in [1.165, 1.54) is 24.3 Å². The van der Waals surface area contributed by atoms with Gasteiger partial charge in [-0.1, -0.05) is 11.6 Å². The van der Waals surface area contributed by atoms with Crippen LogP contribution >= 0.6 is 27.5 Å². The quantitative estimate of drug-likeness (QED) is 0.847. The van der Waals surface area contributed by atoms with Crippen LogP contribution in [0, 0.1) is 0 Å². The Bertz CT molecular complexity index is 808. The van der Waals surface area contributed by atoms with Crippen LogP contribution in [0.5, 0.6) is 11.5 Å². The Morgan fingerprint density at radius 3 is 2.27 bits per heavy atom. The SMILES string of the molecule is O=S(=O)(Nc1cc2c(cc1Br)OCCO2)c1ccc(Cl)cc1. The van der Waals surface area contributed by atoms with E-state index in [2.05, 4.69) is 20.7 Å². The molecule has 0 saturated carbocycles. The first-order valence-corrected chi connectivity index (χ1v) is 8.99.